The number of pyridine rings is 2. The van der Waals surface area contributed by atoms with Crippen molar-refractivity contribution in [1.82, 2.24) is 25.4 Å². The molecule has 4 rings (SSSR count). The first-order valence-corrected chi connectivity index (χ1v) is 9.13. The molecule has 4 N–H and O–H groups in total. The minimum absolute atomic E-state index is 0.277. The van der Waals surface area contributed by atoms with Gasteiger partial charge in [0.1, 0.15) is 22.7 Å². The smallest absolute Gasteiger partial charge is 0.288 e. The third-order valence-electron chi connectivity index (χ3n) is 3.84. The molecule has 8 nitrogen and oxygen atoms in total. The van der Waals surface area contributed by atoms with Gasteiger partial charge in [0.25, 0.3) is 5.91 Å². The number of hydrogen-bond acceptors (Lipinski definition) is 8. The van der Waals surface area contributed by atoms with E-state index >= 15 is 0 Å². The first-order valence-electron chi connectivity index (χ1n) is 8.32. The number of nitrogens with two attached hydrogens (primary N) is 1. The van der Waals surface area contributed by atoms with Gasteiger partial charge in [-0.1, -0.05) is 36.0 Å². The largest absolute Gasteiger partial charge is 0.393 e. The van der Waals surface area contributed by atoms with Crippen LogP contribution in [0.2, 0.25) is 0 Å². The monoisotopic (exact) mass is 389 g/mol. The summed E-state index contributed by atoms with van der Waals surface area (Å²) in [5.74, 6) is -0.0963. The number of hydrazine groups is 1. The minimum Gasteiger partial charge on any atom is -0.393 e. The van der Waals surface area contributed by atoms with E-state index < -0.39 is 5.91 Å². The summed E-state index contributed by atoms with van der Waals surface area (Å²) in [6.07, 6.45) is 4.67. The lowest BCUT2D eigenvalue weighted by Gasteiger charge is -2.12. The van der Waals surface area contributed by atoms with Crippen molar-refractivity contribution >= 4 is 40.1 Å². The van der Waals surface area contributed by atoms with E-state index in [1.807, 2.05) is 30.3 Å². The number of amides is 1. The van der Waals surface area contributed by atoms with Crippen LogP contribution in [0.25, 0.3) is 10.9 Å². The topological polar surface area (TPSA) is 119 Å². The number of benzene rings is 1. The van der Waals surface area contributed by atoms with Crippen molar-refractivity contribution in [2.75, 3.05) is 11.2 Å². The van der Waals surface area contributed by atoms with Gasteiger partial charge >= 0.3 is 0 Å². The molecule has 4 aromatic rings. The van der Waals surface area contributed by atoms with E-state index in [9.17, 15) is 4.79 Å². The predicted molar refractivity (Wildman–Crippen MR) is 108 cm³/mol. The Labute approximate surface area is 164 Å². The van der Waals surface area contributed by atoms with Gasteiger partial charge < -0.3 is 5.73 Å². The average Bonchev–Trinajstić information content (AvgIpc) is 2.75. The van der Waals surface area contributed by atoms with Crippen LogP contribution in [0.15, 0.2) is 77.2 Å². The zero-order valence-electron chi connectivity index (χ0n) is 14.5. The second-order valence-electron chi connectivity index (χ2n) is 5.67. The molecule has 1 aromatic carbocycles. The second kappa shape index (κ2) is 7.89. The van der Waals surface area contributed by atoms with Crippen LogP contribution in [0.1, 0.15) is 10.5 Å². The highest BCUT2D eigenvalue weighted by Crippen LogP contribution is 2.35. The van der Waals surface area contributed by atoms with Gasteiger partial charge in [0, 0.05) is 22.7 Å². The summed E-state index contributed by atoms with van der Waals surface area (Å²) in [6, 6.07) is 14.9. The Morgan fingerprint density at radius 3 is 2.64 bits per heavy atom. The maximum absolute atomic E-state index is 12.1. The first kappa shape index (κ1) is 17.7. The van der Waals surface area contributed by atoms with Gasteiger partial charge in [-0.3, -0.25) is 25.6 Å². The van der Waals surface area contributed by atoms with E-state index in [1.165, 1.54) is 18.1 Å². The maximum atomic E-state index is 12.1. The summed E-state index contributed by atoms with van der Waals surface area (Å²) < 4.78 is 0. The molecule has 0 aliphatic rings. The van der Waals surface area contributed by atoms with Crippen molar-refractivity contribution in [3.8, 4) is 0 Å². The van der Waals surface area contributed by atoms with Crippen LogP contribution in [0.3, 0.4) is 0 Å². The Morgan fingerprint density at radius 1 is 0.929 bits per heavy atom. The van der Waals surface area contributed by atoms with Crippen molar-refractivity contribution in [3.05, 3.63) is 72.9 Å². The standard InChI is InChI=1S/C19H15N7OS/c20-15-17(25-26-18(27)13-7-1-2-9-21-13)23-11-24-19(15)28-14-8-3-5-12-6-4-10-22-16(12)14/h1-11H,20H2,(H,26,27)(H,23,24,25). The fraction of sp³-hybridized carbons (Fsp3) is 0. The fourth-order valence-electron chi connectivity index (χ4n) is 2.50. The van der Waals surface area contributed by atoms with Crippen LogP contribution in [0.5, 0.6) is 0 Å². The second-order valence-corrected chi connectivity index (χ2v) is 6.70. The van der Waals surface area contributed by atoms with Crippen LogP contribution < -0.4 is 16.6 Å². The lowest BCUT2D eigenvalue weighted by atomic mass is 10.2. The number of aromatic nitrogens is 4. The van der Waals surface area contributed by atoms with Crippen LogP contribution in [0.4, 0.5) is 11.5 Å². The highest BCUT2D eigenvalue weighted by atomic mass is 32.2. The molecule has 3 heterocycles. The zero-order valence-corrected chi connectivity index (χ0v) is 15.4. The van der Waals surface area contributed by atoms with Gasteiger partial charge in [0.15, 0.2) is 5.82 Å². The van der Waals surface area contributed by atoms with Gasteiger partial charge in [0.05, 0.1) is 5.52 Å². The lowest BCUT2D eigenvalue weighted by molar-refractivity contribution is 0.0957. The minimum atomic E-state index is -0.397. The Morgan fingerprint density at radius 2 is 1.79 bits per heavy atom. The zero-order chi connectivity index (χ0) is 19.3. The highest BCUT2D eigenvalue weighted by molar-refractivity contribution is 7.99. The number of rotatable bonds is 5. The van der Waals surface area contributed by atoms with Crippen LogP contribution in [-0.2, 0) is 0 Å². The van der Waals surface area contributed by atoms with Crippen molar-refractivity contribution in [2.24, 2.45) is 0 Å². The Kier molecular flexibility index (Phi) is 4.98. The summed E-state index contributed by atoms with van der Waals surface area (Å²) in [5, 5.41) is 1.59. The van der Waals surface area contributed by atoms with Gasteiger partial charge in [0.2, 0.25) is 0 Å². The maximum Gasteiger partial charge on any atom is 0.288 e. The Bertz CT molecular complexity index is 1130. The van der Waals surface area contributed by atoms with Crippen LogP contribution >= 0.6 is 11.8 Å². The van der Waals surface area contributed by atoms with Gasteiger partial charge in [-0.25, -0.2) is 9.97 Å². The van der Waals surface area contributed by atoms with E-state index in [-0.39, 0.29) is 5.69 Å². The van der Waals surface area contributed by atoms with E-state index in [2.05, 4.69) is 30.8 Å². The third-order valence-corrected chi connectivity index (χ3v) is 4.91. The SMILES string of the molecule is Nc1c(NNC(=O)c2ccccn2)ncnc1Sc1cccc2cccnc12. The molecule has 0 radical (unpaired) electrons. The number of nitrogens with zero attached hydrogens (tertiary/aromatic N) is 4. The van der Waals surface area contributed by atoms with Crippen molar-refractivity contribution in [1.29, 1.82) is 0 Å². The predicted octanol–water partition coefficient (Wildman–Crippen LogP) is 2.91. The molecule has 0 atom stereocenters. The summed E-state index contributed by atoms with van der Waals surface area (Å²) in [5.41, 5.74) is 12.9. The van der Waals surface area contributed by atoms with Crippen LogP contribution in [-0.4, -0.2) is 25.8 Å². The molecule has 1 amide bonds. The van der Waals surface area contributed by atoms with Crippen molar-refractivity contribution in [2.45, 2.75) is 9.92 Å². The van der Waals surface area contributed by atoms with Gasteiger partial charge in [-0.2, -0.15) is 0 Å². The summed E-state index contributed by atoms with van der Waals surface area (Å²) in [7, 11) is 0. The third kappa shape index (κ3) is 3.69. The molecule has 9 heteroatoms. The van der Waals surface area contributed by atoms with E-state index in [4.69, 9.17) is 5.73 Å². The molecular weight excluding hydrogens is 374 g/mol. The molecule has 3 aromatic heterocycles. The van der Waals surface area contributed by atoms with Gasteiger partial charge in [-0.05, 0) is 24.3 Å². The number of anilines is 2. The normalized spacial score (nSPS) is 10.6. The first-order chi connectivity index (χ1) is 13.7. The summed E-state index contributed by atoms with van der Waals surface area (Å²) in [6.45, 7) is 0. The molecule has 28 heavy (non-hydrogen) atoms. The number of carbonyl (C=O) groups excluding carboxylic acids is 1. The summed E-state index contributed by atoms with van der Waals surface area (Å²) in [4.78, 5) is 29.8. The molecule has 0 spiro atoms. The van der Waals surface area contributed by atoms with E-state index in [0.29, 0.717) is 16.5 Å². The molecule has 0 fully saturated rings. The molecule has 0 saturated carbocycles. The van der Waals surface area contributed by atoms with E-state index in [1.54, 1.807) is 30.6 Å². The highest BCUT2D eigenvalue weighted by Gasteiger charge is 2.13. The van der Waals surface area contributed by atoms with Crippen LogP contribution in [0, 0.1) is 0 Å². The lowest BCUT2D eigenvalue weighted by Crippen LogP contribution is -2.31. The number of hydrogen-bond donors (Lipinski definition) is 3. The molecule has 0 bridgehead atoms. The average molecular weight is 389 g/mol. The quantitative estimate of drug-likeness (QED) is 0.352. The number of nitrogen functional groups attached to an aromatic ring is 1. The number of fused-ring (bicyclic) bond motifs is 1. The molecule has 0 aliphatic carbocycles. The number of para-hydroxylation sites is 1. The summed E-state index contributed by atoms with van der Waals surface area (Å²) >= 11 is 1.38. The van der Waals surface area contributed by atoms with Gasteiger partial charge in [-0.15, -0.1) is 0 Å². The van der Waals surface area contributed by atoms with Crippen molar-refractivity contribution in [3.63, 3.8) is 0 Å². The molecule has 0 aliphatic heterocycles. The van der Waals surface area contributed by atoms with E-state index in [0.717, 1.165) is 15.8 Å². The molecule has 0 unspecified atom stereocenters. The Hall–Kier alpha value is -3.72. The molecular formula is C19H15N7OS. The number of carbonyl (C=O) groups is 1. The van der Waals surface area contributed by atoms with Crippen molar-refractivity contribution < 1.29 is 4.79 Å². The molecule has 0 saturated heterocycles. The Balaban J connectivity index is 1.54. The number of nitrogens with one attached hydrogen (secondary N) is 2. The molecule has 138 valence electrons. The fourth-order valence-corrected chi connectivity index (χ4v) is 3.43.